The van der Waals surface area contributed by atoms with Gasteiger partial charge in [-0.25, -0.2) is 14.4 Å². The highest BCUT2D eigenvalue weighted by atomic mass is 19.1. The van der Waals surface area contributed by atoms with Gasteiger partial charge in [-0.2, -0.15) is 0 Å². The van der Waals surface area contributed by atoms with Crippen LogP contribution in [-0.4, -0.2) is 33.3 Å². The quantitative estimate of drug-likeness (QED) is 0.853. The summed E-state index contributed by atoms with van der Waals surface area (Å²) >= 11 is 0. The number of rotatable bonds is 3. The molecule has 2 aliphatic carbocycles. The molecule has 7 heteroatoms. The number of aromatic nitrogens is 4. The van der Waals surface area contributed by atoms with Gasteiger partial charge in [-0.15, -0.1) is 10.2 Å². The molecule has 6 nitrogen and oxygen atoms in total. The monoisotopic (exact) mass is 343 g/mol. The zero-order valence-corrected chi connectivity index (χ0v) is 14.6. The van der Waals surface area contributed by atoms with Crippen LogP contribution in [0, 0.1) is 25.6 Å². The topological polar surface area (TPSA) is 67.9 Å². The molecule has 3 aliphatic rings. The fraction of sp³-hybridized carbons (Fsp3) is 0.667. The molecule has 2 aromatic heterocycles. The van der Waals surface area contributed by atoms with E-state index in [0.29, 0.717) is 35.7 Å². The average molecular weight is 343 g/mol. The molecule has 2 atom stereocenters. The van der Waals surface area contributed by atoms with Gasteiger partial charge in [0.1, 0.15) is 5.82 Å². The molecule has 5 rings (SSSR count). The van der Waals surface area contributed by atoms with E-state index < -0.39 is 0 Å². The average Bonchev–Trinajstić information content (AvgIpc) is 3.02. The van der Waals surface area contributed by atoms with E-state index in [0.717, 1.165) is 50.4 Å². The van der Waals surface area contributed by atoms with Crippen molar-refractivity contribution in [1.29, 1.82) is 0 Å². The van der Waals surface area contributed by atoms with Crippen LogP contribution in [0.5, 0.6) is 0 Å². The van der Waals surface area contributed by atoms with Gasteiger partial charge in [0.25, 0.3) is 0 Å². The van der Waals surface area contributed by atoms with Gasteiger partial charge in [0.05, 0.1) is 11.1 Å². The van der Waals surface area contributed by atoms with E-state index in [1.54, 1.807) is 6.92 Å². The van der Waals surface area contributed by atoms with Crippen molar-refractivity contribution in [3.63, 3.8) is 0 Å². The lowest BCUT2D eigenvalue weighted by Gasteiger charge is -2.25. The van der Waals surface area contributed by atoms with Crippen LogP contribution >= 0.6 is 0 Å². The first-order valence-electron chi connectivity index (χ1n) is 9.16. The highest BCUT2D eigenvalue weighted by Gasteiger charge is 2.55. The number of nitrogens with zero attached hydrogens (tertiary/aromatic N) is 5. The van der Waals surface area contributed by atoms with E-state index in [2.05, 4.69) is 25.1 Å². The maximum Gasteiger partial charge on any atom is 0.224 e. The summed E-state index contributed by atoms with van der Waals surface area (Å²) in [6, 6.07) is 0. The van der Waals surface area contributed by atoms with Crippen molar-refractivity contribution < 1.29 is 8.81 Å². The molecule has 0 radical (unpaired) electrons. The Morgan fingerprint density at radius 2 is 2.00 bits per heavy atom. The molecule has 0 amide bonds. The number of hydrogen-bond donors (Lipinski definition) is 0. The van der Waals surface area contributed by atoms with E-state index in [4.69, 9.17) is 4.42 Å². The molecule has 25 heavy (non-hydrogen) atoms. The molecule has 1 saturated heterocycles. The summed E-state index contributed by atoms with van der Waals surface area (Å²) in [4.78, 5) is 10.6. The van der Waals surface area contributed by atoms with Gasteiger partial charge < -0.3 is 9.32 Å². The molecule has 0 bridgehead atoms. The van der Waals surface area contributed by atoms with Gasteiger partial charge in [0.15, 0.2) is 11.6 Å². The summed E-state index contributed by atoms with van der Waals surface area (Å²) in [5.74, 6) is 3.12. The minimum absolute atomic E-state index is 0.153. The summed E-state index contributed by atoms with van der Waals surface area (Å²) in [6.07, 6.45) is 5.58. The van der Waals surface area contributed by atoms with Crippen molar-refractivity contribution in [2.75, 3.05) is 18.0 Å². The van der Waals surface area contributed by atoms with Crippen molar-refractivity contribution >= 4 is 5.82 Å². The first-order chi connectivity index (χ1) is 12.1. The molecule has 0 unspecified atom stereocenters. The van der Waals surface area contributed by atoms with E-state index >= 15 is 0 Å². The van der Waals surface area contributed by atoms with Crippen molar-refractivity contribution in [3.05, 3.63) is 29.1 Å². The van der Waals surface area contributed by atoms with Crippen LogP contribution in [0.15, 0.2) is 4.42 Å². The highest BCUT2D eigenvalue weighted by molar-refractivity contribution is 5.46. The molecule has 2 aromatic rings. The van der Waals surface area contributed by atoms with E-state index in [9.17, 15) is 4.39 Å². The van der Waals surface area contributed by atoms with Crippen LogP contribution in [-0.2, 0) is 5.41 Å². The maximum atomic E-state index is 14.6. The Morgan fingerprint density at radius 1 is 1.16 bits per heavy atom. The third kappa shape index (κ3) is 2.28. The van der Waals surface area contributed by atoms with Crippen molar-refractivity contribution in [3.8, 4) is 0 Å². The van der Waals surface area contributed by atoms with Crippen LogP contribution in [0.2, 0.25) is 0 Å². The van der Waals surface area contributed by atoms with Gasteiger partial charge in [-0.3, -0.25) is 0 Å². The Hall–Kier alpha value is -2.05. The number of fused-ring (bicyclic) bond motifs is 1. The van der Waals surface area contributed by atoms with Crippen LogP contribution in [0.4, 0.5) is 10.2 Å². The number of anilines is 1. The fourth-order valence-electron chi connectivity index (χ4n) is 4.62. The lowest BCUT2D eigenvalue weighted by atomic mass is 9.80. The Kier molecular flexibility index (Phi) is 3.18. The van der Waals surface area contributed by atoms with Gasteiger partial charge in [-0.05, 0) is 45.4 Å². The van der Waals surface area contributed by atoms with Crippen molar-refractivity contribution in [2.45, 2.75) is 57.3 Å². The first kappa shape index (κ1) is 15.2. The minimum Gasteiger partial charge on any atom is -0.424 e. The molecular weight excluding hydrogens is 321 g/mol. The summed E-state index contributed by atoms with van der Waals surface area (Å²) in [5, 5.41) is 8.70. The maximum absolute atomic E-state index is 14.6. The molecule has 2 saturated carbocycles. The van der Waals surface area contributed by atoms with E-state index in [1.807, 2.05) is 6.92 Å². The third-order valence-corrected chi connectivity index (χ3v) is 6.07. The second-order valence-corrected chi connectivity index (χ2v) is 7.84. The smallest absolute Gasteiger partial charge is 0.224 e. The summed E-state index contributed by atoms with van der Waals surface area (Å²) < 4.78 is 20.7. The zero-order valence-electron chi connectivity index (χ0n) is 14.6. The standard InChI is InChI=1S/C18H22FN5O/c1-10-14(19)15(21-11(2)20-10)24-8-13-4-3-7-18(13,9-24)17-23-22-16(25-17)12-5-6-12/h12-13H,3-9H2,1-2H3/t13-,18-/m0/s1. The molecule has 1 aliphatic heterocycles. The van der Waals surface area contributed by atoms with E-state index in [1.165, 1.54) is 0 Å². The van der Waals surface area contributed by atoms with Crippen molar-refractivity contribution in [2.24, 2.45) is 5.92 Å². The summed E-state index contributed by atoms with van der Waals surface area (Å²) in [7, 11) is 0. The van der Waals surface area contributed by atoms with Crippen LogP contribution in [0.1, 0.15) is 61.3 Å². The predicted molar refractivity (Wildman–Crippen MR) is 89.0 cm³/mol. The Bertz CT molecular complexity index is 833. The Balaban J connectivity index is 1.51. The predicted octanol–water partition coefficient (Wildman–Crippen LogP) is 3.05. The van der Waals surface area contributed by atoms with Gasteiger partial charge in [-0.1, -0.05) is 6.42 Å². The number of halogens is 1. The highest BCUT2D eigenvalue weighted by Crippen LogP contribution is 2.51. The van der Waals surface area contributed by atoms with Gasteiger partial charge >= 0.3 is 0 Å². The van der Waals surface area contributed by atoms with Gasteiger partial charge in [0.2, 0.25) is 11.8 Å². The molecule has 3 fully saturated rings. The summed E-state index contributed by atoms with van der Waals surface area (Å²) in [6.45, 7) is 4.98. The van der Waals surface area contributed by atoms with Crippen molar-refractivity contribution in [1.82, 2.24) is 20.2 Å². The largest absolute Gasteiger partial charge is 0.424 e. The summed E-state index contributed by atoms with van der Waals surface area (Å²) in [5.41, 5.74) is 0.252. The number of aryl methyl sites for hydroxylation is 2. The lowest BCUT2D eigenvalue weighted by Crippen LogP contribution is -2.33. The number of hydrogen-bond acceptors (Lipinski definition) is 6. The third-order valence-electron chi connectivity index (χ3n) is 6.07. The SMILES string of the molecule is Cc1nc(C)c(F)c(N2C[C@@H]3CCC[C@]3(c3nnc(C4CC4)o3)C2)n1. The molecule has 0 aromatic carbocycles. The zero-order chi connectivity index (χ0) is 17.2. The molecule has 0 spiro atoms. The second kappa shape index (κ2) is 5.22. The van der Waals surface area contributed by atoms with Crippen LogP contribution in [0.3, 0.4) is 0 Å². The molecule has 0 N–H and O–H groups in total. The Morgan fingerprint density at radius 3 is 2.80 bits per heavy atom. The van der Waals surface area contributed by atoms with Gasteiger partial charge in [0, 0.05) is 19.0 Å². The molecular formula is C18H22FN5O. The van der Waals surface area contributed by atoms with Crippen LogP contribution in [0.25, 0.3) is 0 Å². The minimum atomic E-state index is -0.315. The van der Waals surface area contributed by atoms with Crippen LogP contribution < -0.4 is 4.90 Å². The molecule has 132 valence electrons. The molecule has 3 heterocycles. The second-order valence-electron chi connectivity index (χ2n) is 7.84. The normalized spacial score (nSPS) is 28.6. The fourth-order valence-corrected chi connectivity index (χ4v) is 4.62. The lowest BCUT2D eigenvalue weighted by molar-refractivity contribution is 0.296. The Labute approximate surface area is 145 Å². The first-order valence-corrected chi connectivity index (χ1v) is 9.16. The van der Waals surface area contributed by atoms with E-state index in [-0.39, 0.29) is 11.2 Å².